The predicted octanol–water partition coefficient (Wildman–Crippen LogP) is 3.73. The summed E-state index contributed by atoms with van der Waals surface area (Å²) >= 11 is 0. The van der Waals surface area contributed by atoms with Crippen LogP contribution in [0.3, 0.4) is 0 Å². The average Bonchev–Trinajstić information content (AvgIpc) is 2.81. The summed E-state index contributed by atoms with van der Waals surface area (Å²) in [5, 5.41) is 1.51. The summed E-state index contributed by atoms with van der Waals surface area (Å²) in [6.07, 6.45) is 12.6. The van der Waals surface area contributed by atoms with Gasteiger partial charge in [-0.05, 0) is 61.4 Å². The van der Waals surface area contributed by atoms with Crippen molar-refractivity contribution in [2.45, 2.75) is 51.4 Å². The SMILES string of the molecule is Cn1cc(CCN)c2c3c(ccc21)CCCCCCC3. The van der Waals surface area contributed by atoms with Gasteiger partial charge in [-0.3, -0.25) is 0 Å². The van der Waals surface area contributed by atoms with E-state index in [1.54, 1.807) is 11.1 Å². The Bertz CT molecular complexity index is 595. The summed E-state index contributed by atoms with van der Waals surface area (Å²) in [7, 11) is 2.16. The van der Waals surface area contributed by atoms with E-state index < -0.39 is 0 Å². The molecular weight excluding hydrogens is 244 g/mol. The van der Waals surface area contributed by atoms with Gasteiger partial charge in [-0.25, -0.2) is 0 Å². The van der Waals surface area contributed by atoms with Gasteiger partial charge in [0.25, 0.3) is 0 Å². The molecule has 0 unspecified atom stereocenters. The molecule has 1 aliphatic rings. The number of fused-ring (bicyclic) bond motifs is 3. The zero-order valence-corrected chi connectivity index (χ0v) is 12.6. The second kappa shape index (κ2) is 6.01. The highest BCUT2D eigenvalue weighted by Crippen LogP contribution is 2.31. The molecule has 1 aromatic heterocycles. The lowest BCUT2D eigenvalue weighted by Gasteiger charge is -2.12. The van der Waals surface area contributed by atoms with Crippen LogP contribution in [0.4, 0.5) is 0 Å². The van der Waals surface area contributed by atoms with E-state index in [9.17, 15) is 0 Å². The molecule has 0 aliphatic heterocycles. The van der Waals surface area contributed by atoms with Crippen molar-refractivity contribution in [2.75, 3.05) is 6.54 Å². The largest absolute Gasteiger partial charge is 0.350 e. The number of aromatic nitrogens is 1. The third-order valence-electron chi connectivity index (χ3n) is 4.73. The van der Waals surface area contributed by atoms with Gasteiger partial charge in [-0.15, -0.1) is 0 Å². The first-order chi connectivity index (χ1) is 9.81. The van der Waals surface area contributed by atoms with E-state index in [-0.39, 0.29) is 0 Å². The van der Waals surface area contributed by atoms with Crippen molar-refractivity contribution in [1.29, 1.82) is 0 Å². The van der Waals surface area contributed by atoms with Crippen LogP contribution < -0.4 is 5.73 Å². The van der Waals surface area contributed by atoms with Crippen LogP contribution in [-0.2, 0) is 26.3 Å². The first kappa shape index (κ1) is 13.7. The number of rotatable bonds is 2. The first-order valence-electron chi connectivity index (χ1n) is 8.10. The molecule has 1 aromatic carbocycles. The average molecular weight is 270 g/mol. The van der Waals surface area contributed by atoms with Crippen molar-refractivity contribution >= 4 is 10.9 Å². The van der Waals surface area contributed by atoms with Crippen LogP contribution in [0, 0.1) is 0 Å². The minimum atomic E-state index is 0.739. The topological polar surface area (TPSA) is 30.9 Å². The molecule has 0 fully saturated rings. The van der Waals surface area contributed by atoms with Crippen LogP contribution in [0.5, 0.6) is 0 Å². The molecule has 1 heterocycles. The van der Waals surface area contributed by atoms with Gasteiger partial charge in [0.15, 0.2) is 0 Å². The van der Waals surface area contributed by atoms with Crippen LogP contribution in [0.25, 0.3) is 10.9 Å². The fourth-order valence-electron chi connectivity index (χ4n) is 3.71. The molecule has 0 saturated heterocycles. The van der Waals surface area contributed by atoms with E-state index in [1.807, 2.05) is 0 Å². The van der Waals surface area contributed by atoms with Crippen molar-refractivity contribution in [3.63, 3.8) is 0 Å². The highest BCUT2D eigenvalue weighted by Gasteiger charge is 2.15. The molecule has 3 rings (SSSR count). The van der Waals surface area contributed by atoms with Crippen molar-refractivity contribution < 1.29 is 0 Å². The molecule has 20 heavy (non-hydrogen) atoms. The minimum Gasteiger partial charge on any atom is -0.350 e. The normalized spacial score (nSPS) is 16.5. The minimum absolute atomic E-state index is 0.739. The third-order valence-corrected chi connectivity index (χ3v) is 4.73. The number of hydrogen-bond acceptors (Lipinski definition) is 1. The van der Waals surface area contributed by atoms with E-state index in [1.165, 1.54) is 61.4 Å². The Morgan fingerprint density at radius 3 is 2.60 bits per heavy atom. The van der Waals surface area contributed by atoms with Crippen LogP contribution >= 0.6 is 0 Å². The summed E-state index contributed by atoms with van der Waals surface area (Å²) in [6.45, 7) is 0.739. The number of nitrogens with zero attached hydrogens (tertiary/aromatic N) is 1. The molecular formula is C18H26N2. The van der Waals surface area contributed by atoms with Crippen LogP contribution in [0.15, 0.2) is 18.3 Å². The maximum absolute atomic E-state index is 5.81. The lowest BCUT2D eigenvalue weighted by molar-refractivity contribution is 0.629. The molecule has 2 heteroatoms. The van der Waals surface area contributed by atoms with E-state index in [0.717, 1.165) is 13.0 Å². The summed E-state index contributed by atoms with van der Waals surface area (Å²) in [4.78, 5) is 0. The molecule has 0 atom stereocenters. The molecule has 0 bridgehead atoms. The molecule has 0 saturated carbocycles. The summed E-state index contributed by atoms with van der Waals surface area (Å²) in [6, 6.07) is 4.68. The summed E-state index contributed by atoms with van der Waals surface area (Å²) < 4.78 is 2.27. The van der Waals surface area contributed by atoms with Crippen LogP contribution in [0.2, 0.25) is 0 Å². The lowest BCUT2D eigenvalue weighted by atomic mass is 9.93. The van der Waals surface area contributed by atoms with Crippen LogP contribution in [-0.4, -0.2) is 11.1 Å². The molecule has 2 aromatic rings. The molecule has 2 N–H and O–H groups in total. The van der Waals surface area contributed by atoms with Crippen LogP contribution in [0.1, 0.15) is 48.8 Å². The standard InChI is InChI=1S/C18H26N2/c1-20-13-15(11-12-19)18-16-8-6-4-2-3-5-7-14(16)9-10-17(18)20/h9-10,13H,2-8,11-12,19H2,1H3. The molecule has 0 spiro atoms. The quantitative estimate of drug-likeness (QED) is 0.885. The summed E-state index contributed by atoms with van der Waals surface area (Å²) in [5.74, 6) is 0. The van der Waals surface area contributed by atoms with Gasteiger partial charge >= 0.3 is 0 Å². The van der Waals surface area contributed by atoms with Crippen molar-refractivity contribution in [3.05, 3.63) is 35.0 Å². The second-order valence-electron chi connectivity index (χ2n) is 6.17. The van der Waals surface area contributed by atoms with Gasteiger partial charge in [-0.2, -0.15) is 0 Å². The van der Waals surface area contributed by atoms with Crippen molar-refractivity contribution in [2.24, 2.45) is 12.8 Å². The smallest absolute Gasteiger partial charge is 0.0483 e. The zero-order chi connectivity index (χ0) is 13.9. The maximum Gasteiger partial charge on any atom is 0.0483 e. The fraction of sp³-hybridized carbons (Fsp3) is 0.556. The van der Waals surface area contributed by atoms with Crippen molar-refractivity contribution in [1.82, 2.24) is 4.57 Å². The number of hydrogen-bond donors (Lipinski definition) is 1. The highest BCUT2D eigenvalue weighted by molar-refractivity contribution is 5.88. The number of benzene rings is 1. The maximum atomic E-state index is 5.81. The summed E-state index contributed by atoms with van der Waals surface area (Å²) in [5.41, 5.74) is 11.8. The molecule has 2 nitrogen and oxygen atoms in total. The van der Waals surface area contributed by atoms with Crippen molar-refractivity contribution in [3.8, 4) is 0 Å². The number of nitrogens with two attached hydrogens (primary N) is 1. The second-order valence-corrected chi connectivity index (χ2v) is 6.17. The molecule has 1 aliphatic carbocycles. The molecule has 0 amide bonds. The van der Waals surface area contributed by atoms with E-state index in [2.05, 4.69) is 29.9 Å². The molecule has 108 valence electrons. The Balaban J connectivity index is 2.15. The molecule has 0 radical (unpaired) electrons. The van der Waals surface area contributed by atoms with Gasteiger partial charge in [0.05, 0.1) is 0 Å². The third kappa shape index (κ3) is 2.49. The Morgan fingerprint density at radius 2 is 1.80 bits per heavy atom. The van der Waals surface area contributed by atoms with E-state index in [0.29, 0.717) is 0 Å². The highest BCUT2D eigenvalue weighted by atomic mass is 14.9. The first-order valence-corrected chi connectivity index (χ1v) is 8.10. The van der Waals surface area contributed by atoms with E-state index >= 15 is 0 Å². The van der Waals surface area contributed by atoms with Gasteiger partial charge in [0.2, 0.25) is 0 Å². The van der Waals surface area contributed by atoms with Gasteiger partial charge < -0.3 is 10.3 Å². The Kier molecular flexibility index (Phi) is 4.11. The Labute approximate surface area is 122 Å². The number of aryl methyl sites for hydroxylation is 3. The predicted molar refractivity (Wildman–Crippen MR) is 86.2 cm³/mol. The fourth-order valence-corrected chi connectivity index (χ4v) is 3.71. The Morgan fingerprint density at radius 1 is 1.05 bits per heavy atom. The van der Waals surface area contributed by atoms with Gasteiger partial charge in [0.1, 0.15) is 0 Å². The zero-order valence-electron chi connectivity index (χ0n) is 12.6. The monoisotopic (exact) mass is 270 g/mol. The Hall–Kier alpha value is -1.28. The van der Waals surface area contributed by atoms with Gasteiger partial charge in [-0.1, -0.05) is 25.3 Å². The van der Waals surface area contributed by atoms with Gasteiger partial charge in [0, 0.05) is 24.1 Å². The van der Waals surface area contributed by atoms with E-state index in [4.69, 9.17) is 5.73 Å². The lowest BCUT2D eigenvalue weighted by Crippen LogP contribution is -2.03.